The molecule has 0 bridgehead atoms. The third-order valence-electron chi connectivity index (χ3n) is 3.55. The molecular formula is C14H15BrN2O3S2. The summed E-state index contributed by atoms with van der Waals surface area (Å²) in [7, 11) is -2.86. The van der Waals surface area contributed by atoms with Crippen LogP contribution in [0.1, 0.15) is 17.9 Å². The topological polar surface area (TPSA) is 73.1 Å². The predicted molar refractivity (Wildman–Crippen MR) is 88.5 cm³/mol. The highest BCUT2D eigenvalue weighted by atomic mass is 79.9. The Balaban J connectivity index is 1.57. The van der Waals surface area contributed by atoms with Gasteiger partial charge in [-0.3, -0.25) is 0 Å². The summed E-state index contributed by atoms with van der Waals surface area (Å²) < 4.78 is 29.6. The van der Waals surface area contributed by atoms with Gasteiger partial charge in [-0.1, -0.05) is 45.9 Å². The Hall–Kier alpha value is -0.860. The summed E-state index contributed by atoms with van der Waals surface area (Å²) in [5, 5.41) is 8.56. The fourth-order valence-corrected chi connectivity index (χ4v) is 5.67. The number of hydrogen-bond donors (Lipinski definition) is 0. The van der Waals surface area contributed by atoms with Crippen LogP contribution in [-0.2, 0) is 22.0 Å². The van der Waals surface area contributed by atoms with E-state index < -0.39 is 9.84 Å². The maximum atomic E-state index is 11.5. The van der Waals surface area contributed by atoms with Gasteiger partial charge in [0.2, 0.25) is 5.89 Å². The van der Waals surface area contributed by atoms with Gasteiger partial charge in [0.15, 0.2) is 9.84 Å². The normalized spacial score (nSPS) is 20.3. The van der Waals surface area contributed by atoms with Gasteiger partial charge in [-0.15, -0.1) is 10.2 Å². The van der Waals surface area contributed by atoms with Crippen LogP contribution < -0.4 is 0 Å². The molecule has 0 aliphatic carbocycles. The van der Waals surface area contributed by atoms with Crippen molar-refractivity contribution in [1.29, 1.82) is 0 Å². The van der Waals surface area contributed by atoms with E-state index in [1.807, 2.05) is 24.3 Å². The Morgan fingerprint density at radius 1 is 1.32 bits per heavy atom. The van der Waals surface area contributed by atoms with Gasteiger partial charge in [0, 0.05) is 16.6 Å². The molecular weight excluding hydrogens is 388 g/mol. The molecule has 22 heavy (non-hydrogen) atoms. The second-order valence-corrected chi connectivity index (χ2v) is 9.32. The van der Waals surface area contributed by atoms with E-state index in [0.717, 1.165) is 15.8 Å². The monoisotopic (exact) mass is 402 g/mol. The third-order valence-corrected chi connectivity index (χ3v) is 7.03. The van der Waals surface area contributed by atoms with Crippen LogP contribution >= 0.6 is 27.7 Å². The van der Waals surface area contributed by atoms with Gasteiger partial charge in [0.25, 0.3) is 5.22 Å². The van der Waals surface area contributed by atoms with Gasteiger partial charge in [-0.2, -0.15) is 0 Å². The van der Waals surface area contributed by atoms with Crippen LogP contribution in [0, 0.1) is 5.92 Å². The molecule has 0 radical (unpaired) electrons. The van der Waals surface area contributed by atoms with E-state index in [0.29, 0.717) is 24.0 Å². The zero-order chi connectivity index (χ0) is 15.6. The lowest BCUT2D eigenvalue weighted by molar-refractivity contribution is 0.389. The van der Waals surface area contributed by atoms with Crippen molar-refractivity contribution in [2.75, 3.05) is 11.5 Å². The third kappa shape index (κ3) is 4.11. The predicted octanol–water partition coefficient (Wildman–Crippen LogP) is 3.10. The van der Waals surface area contributed by atoms with Crippen LogP contribution in [0.4, 0.5) is 0 Å². The van der Waals surface area contributed by atoms with Gasteiger partial charge < -0.3 is 4.42 Å². The molecule has 2 heterocycles. The second kappa shape index (κ2) is 6.72. The zero-order valence-electron chi connectivity index (χ0n) is 11.7. The molecule has 1 aromatic carbocycles. The van der Waals surface area contributed by atoms with Gasteiger partial charge >= 0.3 is 0 Å². The van der Waals surface area contributed by atoms with Crippen molar-refractivity contribution < 1.29 is 12.8 Å². The van der Waals surface area contributed by atoms with E-state index in [2.05, 4.69) is 26.1 Å². The van der Waals surface area contributed by atoms with E-state index in [-0.39, 0.29) is 17.4 Å². The Morgan fingerprint density at radius 2 is 2.14 bits per heavy atom. The van der Waals surface area contributed by atoms with Gasteiger partial charge in [0.05, 0.1) is 11.5 Å². The summed E-state index contributed by atoms with van der Waals surface area (Å²) >= 11 is 4.98. The number of benzene rings is 1. The lowest BCUT2D eigenvalue weighted by atomic mass is 10.1. The van der Waals surface area contributed by atoms with Gasteiger partial charge in [0.1, 0.15) is 0 Å². The maximum absolute atomic E-state index is 11.5. The summed E-state index contributed by atoms with van der Waals surface area (Å²) in [6.07, 6.45) is 1.23. The number of thioether (sulfide) groups is 1. The molecule has 118 valence electrons. The summed E-state index contributed by atoms with van der Waals surface area (Å²) in [5.74, 6) is 1.87. The fourth-order valence-electron chi connectivity index (χ4n) is 2.41. The molecule has 1 saturated heterocycles. The van der Waals surface area contributed by atoms with Crippen molar-refractivity contribution in [1.82, 2.24) is 10.2 Å². The highest BCUT2D eigenvalue weighted by Crippen LogP contribution is 2.27. The van der Waals surface area contributed by atoms with E-state index in [4.69, 9.17) is 4.42 Å². The van der Waals surface area contributed by atoms with Gasteiger partial charge in [-0.25, -0.2) is 8.42 Å². The first-order valence-electron chi connectivity index (χ1n) is 6.91. The Kier molecular flexibility index (Phi) is 4.89. The Morgan fingerprint density at radius 3 is 2.86 bits per heavy atom. The van der Waals surface area contributed by atoms with Crippen LogP contribution in [-0.4, -0.2) is 30.1 Å². The van der Waals surface area contributed by atoms with E-state index >= 15 is 0 Å². The van der Waals surface area contributed by atoms with Crippen molar-refractivity contribution in [2.24, 2.45) is 5.92 Å². The number of nitrogens with zero attached hydrogens (tertiary/aromatic N) is 2. The standard InChI is InChI=1S/C14H15BrN2O3S2/c15-12-4-2-1-3-11(12)8-21-14-17-16-13(20-14)7-10-5-6-22(18,19)9-10/h1-4,10H,5-9H2. The lowest BCUT2D eigenvalue weighted by Gasteiger charge is -2.02. The highest BCUT2D eigenvalue weighted by Gasteiger charge is 2.29. The van der Waals surface area contributed by atoms with E-state index in [1.165, 1.54) is 11.8 Å². The molecule has 3 rings (SSSR count). The largest absolute Gasteiger partial charge is 0.416 e. The van der Waals surface area contributed by atoms with Crippen molar-refractivity contribution in [2.45, 2.75) is 23.8 Å². The molecule has 1 atom stereocenters. The van der Waals surface area contributed by atoms with Crippen LogP contribution in [0.3, 0.4) is 0 Å². The van der Waals surface area contributed by atoms with Crippen LogP contribution in [0.2, 0.25) is 0 Å². The zero-order valence-corrected chi connectivity index (χ0v) is 15.0. The second-order valence-electron chi connectivity index (χ2n) is 5.31. The number of aromatic nitrogens is 2. The first kappa shape index (κ1) is 16.0. The molecule has 1 aromatic heterocycles. The van der Waals surface area contributed by atoms with E-state index in [1.54, 1.807) is 0 Å². The van der Waals surface area contributed by atoms with Crippen LogP contribution in [0.15, 0.2) is 38.4 Å². The molecule has 5 nitrogen and oxygen atoms in total. The molecule has 1 fully saturated rings. The highest BCUT2D eigenvalue weighted by molar-refractivity contribution is 9.10. The van der Waals surface area contributed by atoms with Gasteiger partial charge in [-0.05, 0) is 24.0 Å². The Bertz CT molecular complexity index is 761. The minimum absolute atomic E-state index is 0.103. The smallest absolute Gasteiger partial charge is 0.276 e. The average Bonchev–Trinajstić information content (AvgIpc) is 3.05. The molecule has 0 spiro atoms. The minimum Gasteiger partial charge on any atom is -0.416 e. The van der Waals surface area contributed by atoms with Crippen molar-refractivity contribution in [3.63, 3.8) is 0 Å². The summed E-state index contributed by atoms with van der Waals surface area (Å²) in [6.45, 7) is 0. The number of halogens is 1. The van der Waals surface area contributed by atoms with Crippen LogP contribution in [0.25, 0.3) is 0 Å². The minimum atomic E-state index is -2.86. The average molecular weight is 403 g/mol. The molecule has 8 heteroatoms. The van der Waals surface area contributed by atoms with Crippen molar-refractivity contribution in [3.8, 4) is 0 Å². The summed E-state index contributed by atoms with van der Waals surface area (Å²) in [4.78, 5) is 0. The van der Waals surface area contributed by atoms with Crippen LogP contribution in [0.5, 0.6) is 0 Å². The number of hydrogen-bond acceptors (Lipinski definition) is 6. The van der Waals surface area contributed by atoms with Crippen molar-refractivity contribution in [3.05, 3.63) is 40.2 Å². The maximum Gasteiger partial charge on any atom is 0.276 e. The molecule has 1 aliphatic rings. The molecule has 2 aromatic rings. The lowest BCUT2D eigenvalue weighted by Crippen LogP contribution is -2.07. The molecule has 1 aliphatic heterocycles. The fraction of sp³-hybridized carbons (Fsp3) is 0.429. The molecule has 0 saturated carbocycles. The van der Waals surface area contributed by atoms with E-state index in [9.17, 15) is 8.42 Å². The number of rotatable bonds is 5. The first-order chi connectivity index (χ1) is 10.5. The molecule has 1 unspecified atom stereocenters. The Labute approximate surface area is 141 Å². The molecule has 0 amide bonds. The molecule has 0 N–H and O–H groups in total. The quantitative estimate of drug-likeness (QED) is 0.715. The summed E-state index contributed by atoms with van der Waals surface area (Å²) in [5.41, 5.74) is 1.16. The SMILES string of the molecule is O=S1(=O)CCC(Cc2nnc(SCc3ccccc3Br)o2)C1. The van der Waals surface area contributed by atoms with Crippen molar-refractivity contribution >= 4 is 37.5 Å². The number of sulfone groups is 1. The summed E-state index contributed by atoms with van der Waals surface area (Å²) in [6, 6.07) is 7.99. The first-order valence-corrected chi connectivity index (χ1v) is 10.5.